The maximum absolute atomic E-state index is 12.5. The Morgan fingerprint density at radius 1 is 1.26 bits per heavy atom. The minimum absolute atomic E-state index is 0.0611. The van der Waals surface area contributed by atoms with Gasteiger partial charge in [-0.25, -0.2) is 0 Å². The van der Waals surface area contributed by atoms with Crippen LogP contribution < -0.4 is 5.73 Å². The zero-order valence-electron chi connectivity index (χ0n) is 10.9. The summed E-state index contributed by atoms with van der Waals surface area (Å²) in [6.07, 6.45) is -0.808. The van der Waals surface area contributed by atoms with Gasteiger partial charge < -0.3 is 15.7 Å². The number of halogens is 3. The van der Waals surface area contributed by atoms with E-state index >= 15 is 0 Å². The highest BCUT2D eigenvalue weighted by Gasteiger charge is 2.43. The van der Waals surface area contributed by atoms with Gasteiger partial charge in [-0.1, -0.05) is 19.3 Å². The van der Waals surface area contributed by atoms with Crippen LogP contribution in [0, 0.1) is 5.41 Å². The van der Waals surface area contributed by atoms with Crippen LogP contribution in [-0.2, 0) is 4.79 Å². The predicted octanol–water partition coefficient (Wildman–Crippen LogP) is 1.28. The van der Waals surface area contributed by atoms with Gasteiger partial charge in [0.25, 0.3) is 0 Å². The standard InChI is InChI=1S/C12H21F3N2O2/c13-12(14,15)9-17(6-7-18)10(19)11(8-16)4-2-1-3-5-11/h18H,1-9,16H2. The first-order chi connectivity index (χ1) is 8.84. The molecule has 0 aromatic carbocycles. The summed E-state index contributed by atoms with van der Waals surface area (Å²) in [5.74, 6) is -0.568. The topological polar surface area (TPSA) is 66.6 Å². The zero-order chi connectivity index (χ0) is 14.5. The molecule has 4 nitrogen and oxygen atoms in total. The van der Waals surface area contributed by atoms with Gasteiger partial charge in [-0.15, -0.1) is 0 Å². The Hall–Kier alpha value is -0.820. The molecule has 0 bridgehead atoms. The van der Waals surface area contributed by atoms with Gasteiger partial charge in [0.2, 0.25) is 5.91 Å². The fraction of sp³-hybridized carbons (Fsp3) is 0.917. The van der Waals surface area contributed by atoms with Crippen molar-refractivity contribution in [3.63, 3.8) is 0 Å². The fourth-order valence-corrected chi connectivity index (χ4v) is 2.66. The van der Waals surface area contributed by atoms with Crippen LogP contribution in [0.5, 0.6) is 0 Å². The molecule has 1 rings (SSSR count). The highest BCUT2D eigenvalue weighted by molar-refractivity contribution is 5.83. The Morgan fingerprint density at radius 3 is 2.26 bits per heavy atom. The van der Waals surface area contributed by atoms with Crippen LogP contribution in [0.3, 0.4) is 0 Å². The van der Waals surface area contributed by atoms with E-state index in [1.165, 1.54) is 0 Å². The van der Waals surface area contributed by atoms with Crippen molar-refractivity contribution in [1.29, 1.82) is 0 Å². The maximum Gasteiger partial charge on any atom is 0.406 e. The number of aliphatic hydroxyl groups excluding tert-OH is 1. The zero-order valence-corrected chi connectivity index (χ0v) is 10.9. The SMILES string of the molecule is NCC1(C(=O)N(CCO)CC(F)(F)F)CCCCC1. The van der Waals surface area contributed by atoms with E-state index in [1.807, 2.05) is 0 Å². The van der Waals surface area contributed by atoms with Crippen LogP contribution in [0.15, 0.2) is 0 Å². The van der Waals surface area contributed by atoms with E-state index in [9.17, 15) is 18.0 Å². The second kappa shape index (κ2) is 6.56. The lowest BCUT2D eigenvalue weighted by Crippen LogP contribution is -2.52. The number of hydrogen-bond acceptors (Lipinski definition) is 3. The van der Waals surface area contributed by atoms with Crippen molar-refractivity contribution in [3.8, 4) is 0 Å². The summed E-state index contributed by atoms with van der Waals surface area (Å²) in [5.41, 5.74) is 4.77. The van der Waals surface area contributed by atoms with E-state index < -0.39 is 30.7 Å². The average molecular weight is 282 g/mol. The van der Waals surface area contributed by atoms with Crippen molar-refractivity contribution in [1.82, 2.24) is 4.90 Å². The van der Waals surface area contributed by atoms with E-state index in [2.05, 4.69) is 0 Å². The van der Waals surface area contributed by atoms with Crippen LogP contribution in [0.1, 0.15) is 32.1 Å². The number of aliphatic hydroxyl groups is 1. The summed E-state index contributed by atoms with van der Waals surface area (Å²) in [6.45, 7) is -2.05. The van der Waals surface area contributed by atoms with Crippen molar-refractivity contribution in [2.45, 2.75) is 38.3 Å². The molecule has 0 unspecified atom stereocenters. The van der Waals surface area contributed by atoms with Gasteiger partial charge >= 0.3 is 6.18 Å². The molecule has 1 saturated carbocycles. The number of nitrogens with two attached hydrogens (primary N) is 1. The molecule has 0 heterocycles. The third-order valence-corrected chi connectivity index (χ3v) is 3.68. The monoisotopic (exact) mass is 282 g/mol. The third kappa shape index (κ3) is 4.35. The van der Waals surface area contributed by atoms with E-state index in [0.717, 1.165) is 19.3 Å². The summed E-state index contributed by atoms with van der Waals surface area (Å²) in [6, 6.07) is 0. The maximum atomic E-state index is 12.5. The van der Waals surface area contributed by atoms with Crippen LogP contribution >= 0.6 is 0 Å². The Bertz CT molecular complexity index is 302. The van der Waals surface area contributed by atoms with Gasteiger partial charge in [0.15, 0.2) is 0 Å². The van der Waals surface area contributed by atoms with Crippen molar-refractivity contribution in [3.05, 3.63) is 0 Å². The molecule has 19 heavy (non-hydrogen) atoms. The highest BCUT2D eigenvalue weighted by atomic mass is 19.4. The van der Waals surface area contributed by atoms with Gasteiger partial charge in [-0.3, -0.25) is 4.79 Å². The molecule has 0 spiro atoms. The van der Waals surface area contributed by atoms with E-state index in [1.54, 1.807) is 0 Å². The molecule has 1 aliphatic rings. The van der Waals surface area contributed by atoms with Gasteiger partial charge in [-0.05, 0) is 12.8 Å². The molecular formula is C12H21F3N2O2. The summed E-state index contributed by atoms with van der Waals surface area (Å²) >= 11 is 0. The number of amides is 1. The molecule has 0 atom stereocenters. The first kappa shape index (κ1) is 16.2. The van der Waals surface area contributed by atoms with Gasteiger partial charge in [0.1, 0.15) is 6.54 Å². The molecule has 0 radical (unpaired) electrons. The Labute approximate surface area is 110 Å². The molecule has 1 aliphatic carbocycles. The summed E-state index contributed by atoms with van der Waals surface area (Å²) in [7, 11) is 0. The molecule has 3 N–H and O–H groups in total. The van der Waals surface area contributed by atoms with E-state index in [0.29, 0.717) is 17.7 Å². The molecule has 7 heteroatoms. The number of nitrogens with zero attached hydrogens (tertiary/aromatic N) is 1. The van der Waals surface area contributed by atoms with E-state index in [4.69, 9.17) is 10.8 Å². The number of carbonyl (C=O) groups excluding carboxylic acids is 1. The van der Waals surface area contributed by atoms with Gasteiger partial charge in [0, 0.05) is 13.1 Å². The fourth-order valence-electron chi connectivity index (χ4n) is 2.66. The molecular weight excluding hydrogens is 261 g/mol. The Balaban J connectivity index is 2.84. The Kier molecular flexibility index (Phi) is 5.61. The van der Waals surface area contributed by atoms with Crippen molar-refractivity contribution in [2.24, 2.45) is 11.1 Å². The molecule has 0 saturated heterocycles. The van der Waals surface area contributed by atoms with Crippen molar-refractivity contribution in [2.75, 3.05) is 26.2 Å². The first-order valence-corrected chi connectivity index (χ1v) is 6.52. The van der Waals surface area contributed by atoms with E-state index in [-0.39, 0.29) is 13.1 Å². The second-order valence-electron chi connectivity index (χ2n) is 5.11. The highest BCUT2D eigenvalue weighted by Crippen LogP contribution is 2.37. The quantitative estimate of drug-likeness (QED) is 0.798. The minimum Gasteiger partial charge on any atom is -0.395 e. The van der Waals surface area contributed by atoms with Crippen molar-refractivity contribution >= 4 is 5.91 Å². The third-order valence-electron chi connectivity index (χ3n) is 3.68. The summed E-state index contributed by atoms with van der Waals surface area (Å²) in [5, 5.41) is 8.84. The average Bonchev–Trinajstić information content (AvgIpc) is 2.36. The lowest BCUT2D eigenvalue weighted by molar-refractivity contribution is -0.169. The molecule has 1 amide bonds. The number of rotatable bonds is 5. The normalized spacial score (nSPS) is 19.2. The van der Waals surface area contributed by atoms with Crippen LogP contribution in [-0.4, -0.2) is 48.3 Å². The van der Waals surface area contributed by atoms with Crippen LogP contribution in [0.4, 0.5) is 13.2 Å². The summed E-state index contributed by atoms with van der Waals surface area (Å²) in [4.78, 5) is 13.0. The first-order valence-electron chi connectivity index (χ1n) is 6.52. The van der Waals surface area contributed by atoms with Gasteiger partial charge in [0.05, 0.1) is 12.0 Å². The minimum atomic E-state index is -4.46. The number of hydrogen-bond donors (Lipinski definition) is 2. The van der Waals surface area contributed by atoms with Crippen molar-refractivity contribution < 1.29 is 23.1 Å². The number of carbonyl (C=O) groups is 1. The molecule has 0 aromatic heterocycles. The van der Waals surface area contributed by atoms with Crippen LogP contribution in [0.2, 0.25) is 0 Å². The smallest absolute Gasteiger partial charge is 0.395 e. The van der Waals surface area contributed by atoms with Crippen LogP contribution in [0.25, 0.3) is 0 Å². The largest absolute Gasteiger partial charge is 0.406 e. The summed E-state index contributed by atoms with van der Waals surface area (Å²) < 4.78 is 37.4. The predicted molar refractivity (Wildman–Crippen MR) is 64.3 cm³/mol. The lowest BCUT2D eigenvalue weighted by Gasteiger charge is -2.39. The van der Waals surface area contributed by atoms with Gasteiger partial charge in [-0.2, -0.15) is 13.2 Å². The lowest BCUT2D eigenvalue weighted by atomic mass is 9.73. The molecule has 0 aromatic rings. The number of alkyl halides is 3. The molecule has 112 valence electrons. The Morgan fingerprint density at radius 2 is 1.84 bits per heavy atom. The molecule has 1 fully saturated rings. The molecule has 0 aliphatic heterocycles. The second-order valence-corrected chi connectivity index (χ2v) is 5.11.